The lowest BCUT2D eigenvalue weighted by Gasteiger charge is -2.35. The van der Waals surface area contributed by atoms with Crippen LogP contribution < -0.4 is 0 Å². The molecule has 0 aromatic heterocycles. The Balaban J connectivity index is 1.95. The normalized spacial score (nSPS) is 20.2. The molecule has 2 aromatic rings. The lowest BCUT2D eigenvalue weighted by atomic mass is 9.88. The van der Waals surface area contributed by atoms with Crippen LogP contribution in [-0.2, 0) is 27.4 Å². The smallest absolute Gasteiger partial charge is 0.274 e. The molecule has 0 spiro atoms. The fraction of sp³-hybridized carbons (Fsp3) is 0.200. The molecule has 3 rings (SSSR count). The summed E-state index contributed by atoms with van der Waals surface area (Å²) in [6.07, 6.45) is 4.72. The molecule has 0 saturated carbocycles. The number of rotatable bonds is 9. The number of nitro benzene ring substituents is 2. The van der Waals surface area contributed by atoms with Gasteiger partial charge in [0.25, 0.3) is 11.4 Å². The minimum absolute atomic E-state index is 0.0810. The fourth-order valence-electron chi connectivity index (χ4n) is 3.50. The van der Waals surface area contributed by atoms with E-state index in [9.17, 15) is 20.2 Å². The number of nitrogens with zero attached hydrogens (tertiary/aromatic N) is 2. The van der Waals surface area contributed by atoms with E-state index < -0.39 is 21.0 Å². The van der Waals surface area contributed by atoms with Crippen LogP contribution in [0, 0.1) is 41.7 Å². The van der Waals surface area contributed by atoms with E-state index in [0.717, 1.165) is 0 Å². The molecule has 9 nitrogen and oxygen atoms in total. The lowest BCUT2D eigenvalue weighted by Crippen LogP contribution is -2.40. The zero-order valence-electron chi connectivity index (χ0n) is 18.8. The maximum absolute atomic E-state index is 11.4. The van der Waals surface area contributed by atoms with Crippen molar-refractivity contribution >= 4 is 43.2 Å². The van der Waals surface area contributed by atoms with Crippen molar-refractivity contribution in [2.75, 3.05) is 7.11 Å². The van der Waals surface area contributed by atoms with Gasteiger partial charge in [0.05, 0.1) is 41.3 Å². The van der Waals surface area contributed by atoms with Crippen molar-refractivity contribution in [3.8, 4) is 21.5 Å². The highest BCUT2D eigenvalue weighted by Gasteiger charge is 2.42. The van der Waals surface area contributed by atoms with E-state index >= 15 is 0 Å². The Hall–Kier alpha value is -3.48. The Labute approximate surface area is 223 Å². The van der Waals surface area contributed by atoms with Crippen LogP contribution in [0.4, 0.5) is 11.4 Å². The molecular formula is C25H18Br2N2O7. The van der Waals surface area contributed by atoms with Crippen molar-refractivity contribution in [3.05, 3.63) is 104 Å². The minimum Gasteiger partial charge on any atom is -0.497 e. The van der Waals surface area contributed by atoms with Gasteiger partial charge in [0.1, 0.15) is 5.76 Å². The zero-order valence-corrected chi connectivity index (χ0v) is 21.9. The molecule has 0 bridgehead atoms. The van der Waals surface area contributed by atoms with Crippen molar-refractivity contribution in [1.29, 1.82) is 0 Å². The van der Waals surface area contributed by atoms with E-state index in [1.807, 2.05) is 0 Å². The van der Waals surface area contributed by atoms with Crippen molar-refractivity contribution in [2.45, 2.75) is 24.4 Å². The maximum Gasteiger partial charge on any atom is 0.274 e. The van der Waals surface area contributed by atoms with E-state index in [-0.39, 0.29) is 30.3 Å². The van der Waals surface area contributed by atoms with E-state index in [1.54, 1.807) is 54.6 Å². The van der Waals surface area contributed by atoms with Crippen molar-refractivity contribution < 1.29 is 24.1 Å². The monoisotopic (exact) mass is 616 g/mol. The first kappa shape index (κ1) is 27.1. The Morgan fingerprint density at radius 2 is 1.36 bits per heavy atom. The number of ether oxygens (including phenoxy) is 3. The Morgan fingerprint density at radius 1 is 0.833 bits per heavy atom. The Morgan fingerprint density at radius 3 is 1.86 bits per heavy atom. The molecule has 1 aliphatic rings. The third-order valence-electron chi connectivity index (χ3n) is 5.27. The highest BCUT2D eigenvalue weighted by molar-refractivity contribution is 9.12. The summed E-state index contributed by atoms with van der Waals surface area (Å²) < 4.78 is 17.7. The largest absolute Gasteiger partial charge is 0.497 e. The molecule has 0 aliphatic heterocycles. The number of halogens is 2. The molecule has 0 radical (unpaired) electrons. The minimum atomic E-state index is -1.42. The van der Waals surface area contributed by atoms with Crippen LogP contribution in [0.3, 0.4) is 0 Å². The maximum atomic E-state index is 11.4. The molecule has 0 fully saturated rings. The average Bonchev–Trinajstić information content (AvgIpc) is 2.88. The summed E-state index contributed by atoms with van der Waals surface area (Å²) in [5.74, 6) is 5.99. The summed E-state index contributed by atoms with van der Waals surface area (Å²) in [6, 6.07) is 12.4. The number of hydrogen-bond acceptors (Lipinski definition) is 7. The third kappa shape index (κ3) is 6.01. The molecule has 184 valence electrons. The van der Waals surface area contributed by atoms with Gasteiger partial charge in [0.15, 0.2) is 5.60 Å². The van der Waals surface area contributed by atoms with E-state index in [4.69, 9.17) is 14.2 Å². The van der Waals surface area contributed by atoms with Gasteiger partial charge in [0.2, 0.25) is 5.60 Å². The number of methoxy groups -OCH3 is 1. The molecular weight excluding hydrogens is 600 g/mol. The Bertz CT molecular complexity index is 1350. The second-order valence-corrected chi connectivity index (χ2v) is 8.16. The molecule has 2 atom stereocenters. The van der Waals surface area contributed by atoms with Gasteiger partial charge in [-0.25, -0.2) is 0 Å². The van der Waals surface area contributed by atoms with Crippen LogP contribution in [0.25, 0.3) is 0 Å². The highest BCUT2D eigenvalue weighted by Crippen LogP contribution is 2.36. The first-order chi connectivity index (χ1) is 17.3. The van der Waals surface area contributed by atoms with Crippen LogP contribution >= 0.6 is 31.9 Å². The predicted molar refractivity (Wildman–Crippen MR) is 139 cm³/mol. The standard InChI is InChI=1S/C25H18Br2N2O7/c1-34-23-16-24(12-14-26,35-17-19-6-2-4-8-21(19)28(30)31)10-11-25(23,13-15-27)36-18-20-7-3-5-9-22(20)29(32)33/h2-11,16H,17-18H2,1H3. The van der Waals surface area contributed by atoms with Gasteiger partial charge in [-0.3, -0.25) is 20.2 Å². The summed E-state index contributed by atoms with van der Waals surface area (Å²) >= 11 is 6.17. The predicted octanol–water partition coefficient (Wildman–Crippen LogP) is 5.53. The quantitative estimate of drug-likeness (QED) is 0.157. The summed E-state index contributed by atoms with van der Waals surface area (Å²) in [5.41, 5.74) is -2.20. The number of benzene rings is 2. The zero-order chi connectivity index (χ0) is 26.2. The van der Waals surface area contributed by atoms with Gasteiger partial charge in [-0.1, -0.05) is 24.3 Å². The number of nitro groups is 2. The first-order valence-electron chi connectivity index (χ1n) is 10.3. The summed E-state index contributed by atoms with van der Waals surface area (Å²) in [4.78, 5) is 27.1. The number of para-hydroxylation sites is 2. The van der Waals surface area contributed by atoms with Gasteiger partial charge >= 0.3 is 0 Å². The van der Waals surface area contributed by atoms with Crippen LogP contribution in [-0.4, -0.2) is 28.2 Å². The van der Waals surface area contributed by atoms with Crippen molar-refractivity contribution in [1.82, 2.24) is 0 Å². The molecule has 0 amide bonds. The topological polar surface area (TPSA) is 114 Å². The van der Waals surface area contributed by atoms with Gasteiger partial charge in [-0.15, -0.1) is 0 Å². The van der Waals surface area contributed by atoms with Crippen LogP contribution in [0.1, 0.15) is 11.1 Å². The SMILES string of the molecule is COC1=CC(C#CBr)(OCc2ccccc2[N+](=O)[O-])C=CC1(C#CBr)OCc1ccccc1[N+](=O)[O-]. The molecule has 36 heavy (non-hydrogen) atoms. The molecule has 1 aliphatic carbocycles. The number of hydrogen-bond donors (Lipinski definition) is 0. The van der Waals surface area contributed by atoms with E-state index in [2.05, 4.69) is 53.4 Å². The summed E-state index contributed by atoms with van der Waals surface area (Å²) in [5, 5.41) is 22.8. The third-order valence-corrected chi connectivity index (χ3v) is 5.67. The average molecular weight is 618 g/mol. The molecule has 0 N–H and O–H groups in total. The fourth-order valence-corrected chi connectivity index (χ4v) is 4.11. The van der Waals surface area contributed by atoms with Crippen LogP contribution in [0.5, 0.6) is 0 Å². The van der Waals surface area contributed by atoms with E-state index in [0.29, 0.717) is 11.1 Å². The second-order valence-electron chi connectivity index (χ2n) is 7.36. The van der Waals surface area contributed by atoms with Gasteiger partial charge in [0, 0.05) is 50.1 Å². The lowest BCUT2D eigenvalue weighted by molar-refractivity contribution is -0.386. The van der Waals surface area contributed by atoms with Crippen molar-refractivity contribution in [2.24, 2.45) is 0 Å². The Kier molecular flexibility index (Phi) is 9.02. The van der Waals surface area contributed by atoms with Gasteiger partial charge < -0.3 is 14.2 Å². The second kappa shape index (κ2) is 12.0. The molecule has 11 heteroatoms. The molecule has 2 aromatic carbocycles. The van der Waals surface area contributed by atoms with Gasteiger partial charge in [-0.2, -0.15) is 0 Å². The van der Waals surface area contributed by atoms with E-state index in [1.165, 1.54) is 19.2 Å². The summed E-state index contributed by atoms with van der Waals surface area (Å²) in [7, 11) is 1.42. The van der Waals surface area contributed by atoms with Gasteiger partial charge in [-0.05, 0) is 45.8 Å². The van der Waals surface area contributed by atoms with Crippen LogP contribution in [0.15, 0.2) is 72.5 Å². The summed E-state index contributed by atoms with van der Waals surface area (Å²) in [6.45, 7) is -0.261. The van der Waals surface area contributed by atoms with Crippen molar-refractivity contribution in [3.63, 3.8) is 0 Å². The van der Waals surface area contributed by atoms with Crippen LogP contribution in [0.2, 0.25) is 0 Å². The molecule has 0 saturated heterocycles. The molecule has 0 heterocycles. The molecule has 2 unspecified atom stereocenters. The highest BCUT2D eigenvalue weighted by atomic mass is 79.9. The first-order valence-corrected chi connectivity index (χ1v) is 11.8.